The summed E-state index contributed by atoms with van der Waals surface area (Å²) in [7, 11) is 3.61. The smallest absolute Gasteiger partial charge is 0.221 e. The lowest BCUT2D eigenvalue weighted by atomic mass is 10.3. The van der Waals surface area contributed by atoms with Crippen LogP contribution in [-0.4, -0.2) is 48.0 Å². The van der Waals surface area contributed by atoms with E-state index in [1.165, 1.54) is 0 Å². The maximum Gasteiger partial charge on any atom is 0.221 e. The Bertz CT molecular complexity index is 421. The van der Waals surface area contributed by atoms with Crippen molar-refractivity contribution in [1.29, 1.82) is 0 Å². The van der Waals surface area contributed by atoms with Crippen LogP contribution in [0.1, 0.15) is 24.9 Å². The predicted octanol–water partition coefficient (Wildman–Crippen LogP) is 0.785. The van der Waals surface area contributed by atoms with Crippen LogP contribution >= 0.6 is 0 Å². The number of anilines is 1. The highest BCUT2D eigenvalue weighted by Crippen LogP contribution is 2.07. The zero-order valence-corrected chi connectivity index (χ0v) is 12.2. The van der Waals surface area contributed by atoms with Crippen molar-refractivity contribution >= 4 is 11.7 Å². The van der Waals surface area contributed by atoms with Crippen LogP contribution in [0, 0.1) is 6.92 Å². The van der Waals surface area contributed by atoms with Gasteiger partial charge in [0.2, 0.25) is 5.91 Å². The van der Waals surface area contributed by atoms with Crippen LogP contribution in [0.25, 0.3) is 0 Å². The SMILES string of the molecule is CCNc1cc(C)nc(CN(C)CCC(=O)NC)n1. The van der Waals surface area contributed by atoms with Gasteiger partial charge in [0.1, 0.15) is 11.6 Å². The molecule has 1 rings (SSSR count). The van der Waals surface area contributed by atoms with Crippen LogP contribution < -0.4 is 10.6 Å². The molecule has 19 heavy (non-hydrogen) atoms. The Morgan fingerprint density at radius 1 is 1.42 bits per heavy atom. The first-order valence-electron chi connectivity index (χ1n) is 6.52. The molecule has 1 aromatic rings. The molecule has 0 aliphatic heterocycles. The minimum absolute atomic E-state index is 0.0466. The molecule has 0 saturated heterocycles. The van der Waals surface area contributed by atoms with E-state index in [4.69, 9.17) is 0 Å². The number of aromatic nitrogens is 2. The minimum Gasteiger partial charge on any atom is -0.370 e. The molecule has 2 N–H and O–H groups in total. The number of carbonyl (C=O) groups excluding carboxylic acids is 1. The Kier molecular flexibility index (Phi) is 6.21. The quantitative estimate of drug-likeness (QED) is 0.762. The van der Waals surface area contributed by atoms with Gasteiger partial charge >= 0.3 is 0 Å². The fraction of sp³-hybridized carbons (Fsp3) is 0.615. The van der Waals surface area contributed by atoms with Crippen molar-refractivity contribution in [3.63, 3.8) is 0 Å². The Morgan fingerprint density at radius 3 is 2.79 bits per heavy atom. The van der Waals surface area contributed by atoms with Crippen LogP contribution in [0.15, 0.2) is 6.07 Å². The summed E-state index contributed by atoms with van der Waals surface area (Å²) < 4.78 is 0. The third-order valence-corrected chi connectivity index (χ3v) is 2.67. The lowest BCUT2D eigenvalue weighted by molar-refractivity contribution is -0.120. The van der Waals surface area contributed by atoms with Crippen molar-refractivity contribution in [1.82, 2.24) is 20.2 Å². The first kappa shape index (κ1) is 15.4. The maximum atomic E-state index is 11.2. The van der Waals surface area contributed by atoms with Crippen molar-refractivity contribution in [3.05, 3.63) is 17.6 Å². The molecule has 0 unspecified atom stereocenters. The fourth-order valence-electron chi connectivity index (χ4n) is 1.71. The van der Waals surface area contributed by atoms with Crippen molar-refractivity contribution in [2.24, 2.45) is 0 Å². The molecule has 106 valence electrons. The Labute approximate surface area is 114 Å². The summed E-state index contributed by atoms with van der Waals surface area (Å²) in [5, 5.41) is 5.80. The highest BCUT2D eigenvalue weighted by atomic mass is 16.1. The van der Waals surface area contributed by atoms with Crippen LogP contribution in [-0.2, 0) is 11.3 Å². The van der Waals surface area contributed by atoms with Gasteiger partial charge in [-0.25, -0.2) is 9.97 Å². The summed E-state index contributed by atoms with van der Waals surface area (Å²) in [6, 6.07) is 1.93. The lowest BCUT2D eigenvalue weighted by Crippen LogP contribution is -2.27. The number of amides is 1. The predicted molar refractivity (Wildman–Crippen MR) is 76.0 cm³/mol. The number of hydrogen-bond acceptors (Lipinski definition) is 5. The van der Waals surface area contributed by atoms with E-state index in [0.29, 0.717) is 19.5 Å². The van der Waals surface area contributed by atoms with E-state index in [9.17, 15) is 4.79 Å². The van der Waals surface area contributed by atoms with Gasteiger partial charge in [-0.2, -0.15) is 0 Å². The van der Waals surface area contributed by atoms with Gasteiger partial charge in [0, 0.05) is 38.3 Å². The second-order valence-corrected chi connectivity index (χ2v) is 4.50. The molecule has 0 fully saturated rings. The van der Waals surface area contributed by atoms with Gasteiger partial charge in [0.15, 0.2) is 0 Å². The third kappa shape index (κ3) is 5.65. The van der Waals surface area contributed by atoms with E-state index in [0.717, 1.165) is 23.9 Å². The van der Waals surface area contributed by atoms with Crippen LogP contribution in [0.2, 0.25) is 0 Å². The molecule has 0 aliphatic carbocycles. The third-order valence-electron chi connectivity index (χ3n) is 2.67. The zero-order chi connectivity index (χ0) is 14.3. The Balaban J connectivity index is 2.57. The first-order valence-corrected chi connectivity index (χ1v) is 6.52. The summed E-state index contributed by atoms with van der Waals surface area (Å²) in [5.41, 5.74) is 0.945. The Hall–Kier alpha value is -1.69. The van der Waals surface area contributed by atoms with E-state index >= 15 is 0 Å². The molecule has 6 nitrogen and oxygen atoms in total. The molecular weight excluding hydrogens is 242 g/mol. The molecule has 6 heteroatoms. The normalized spacial score (nSPS) is 10.6. The van der Waals surface area contributed by atoms with E-state index in [2.05, 4.69) is 20.6 Å². The van der Waals surface area contributed by atoms with Gasteiger partial charge in [0.25, 0.3) is 0 Å². The maximum absolute atomic E-state index is 11.2. The second kappa shape index (κ2) is 7.68. The van der Waals surface area contributed by atoms with E-state index in [-0.39, 0.29) is 5.91 Å². The standard InChI is InChI=1S/C13H23N5O/c1-5-15-11-8-10(2)16-12(17-11)9-18(4)7-6-13(19)14-3/h8H,5-7,9H2,1-4H3,(H,14,19)(H,15,16,17). The van der Waals surface area contributed by atoms with E-state index in [1.54, 1.807) is 7.05 Å². The van der Waals surface area contributed by atoms with Crippen molar-refractivity contribution in [2.45, 2.75) is 26.8 Å². The van der Waals surface area contributed by atoms with Crippen LogP contribution in [0.5, 0.6) is 0 Å². The van der Waals surface area contributed by atoms with E-state index < -0.39 is 0 Å². The van der Waals surface area contributed by atoms with Gasteiger partial charge < -0.3 is 10.6 Å². The van der Waals surface area contributed by atoms with Crippen molar-refractivity contribution in [2.75, 3.05) is 32.5 Å². The number of hydrogen-bond donors (Lipinski definition) is 2. The fourth-order valence-corrected chi connectivity index (χ4v) is 1.71. The van der Waals surface area contributed by atoms with Gasteiger partial charge in [-0.05, 0) is 20.9 Å². The molecule has 0 saturated carbocycles. The highest BCUT2D eigenvalue weighted by Gasteiger charge is 2.07. The molecular formula is C13H23N5O. The topological polar surface area (TPSA) is 70.2 Å². The van der Waals surface area contributed by atoms with Crippen molar-refractivity contribution in [3.8, 4) is 0 Å². The number of aryl methyl sites for hydroxylation is 1. The van der Waals surface area contributed by atoms with Crippen LogP contribution in [0.4, 0.5) is 5.82 Å². The monoisotopic (exact) mass is 265 g/mol. The van der Waals surface area contributed by atoms with E-state index in [1.807, 2.05) is 31.9 Å². The summed E-state index contributed by atoms with van der Waals surface area (Å²) in [5.74, 6) is 1.67. The molecule has 1 aromatic heterocycles. The summed E-state index contributed by atoms with van der Waals surface area (Å²) in [4.78, 5) is 22.1. The average Bonchev–Trinajstić information content (AvgIpc) is 2.35. The molecule has 1 amide bonds. The van der Waals surface area contributed by atoms with Gasteiger partial charge in [0.05, 0.1) is 6.54 Å². The zero-order valence-electron chi connectivity index (χ0n) is 12.2. The second-order valence-electron chi connectivity index (χ2n) is 4.50. The van der Waals surface area contributed by atoms with Gasteiger partial charge in [-0.1, -0.05) is 0 Å². The van der Waals surface area contributed by atoms with Gasteiger partial charge in [-0.3, -0.25) is 9.69 Å². The number of nitrogens with zero attached hydrogens (tertiary/aromatic N) is 3. The molecule has 0 bridgehead atoms. The summed E-state index contributed by atoms with van der Waals surface area (Å²) in [6.07, 6.45) is 0.485. The molecule has 0 aliphatic rings. The number of nitrogens with one attached hydrogen (secondary N) is 2. The molecule has 0 radical (unpaired) electrons. The van der Waals surface area contributed by atoms with Crippen molar-refractivity contribution < 1.29 is 4.79 Å². The number of carbonyl (C=O) groups is 1. The highest BCUT2D eigenvalue weighted by molar-refractivity contribution is 5.75. The number of rotatable bonds is 7. The Morgan fingerprint density at radius 2 is 2.16 bits per heavy atom. The minimum atomic E-state index is 0.0466. The lowest BCUT2D eigenvalue weighted by Gasteiger charge is -2.16. The first-order chi connectivity index (χ1) is 9.05. The van der Waals surface area contributed by atoms with Gasteiger partial charge in [-0.15, -0.1) is 0 Å². The average molecular weight is 265 g/mol. The molecule has 0 aromatic carbocycles. The molecule has 1 heterocycles. The summed E-state index contributed by atoms with van der Waals surface area (Å²) >= 11 is 0. The largest absolute Gasteiger partial charge is 0.370 e. The van der Waals surface area contributed by atoms with Crippen LogP contribution in [0.3, 0.4) is 0 Å². The molecule has 0 spiro atoms. The molecule has 0 atom stereocenters. The summed E-state index contributed by atoms with van der Waals surface area (Å²) in [6.45, 7) is 6.15.